The molecule has 0 radical (unpaired) electrons. The third-order valence-corrected chi connectivity index (χ3v) is 6.43. The van der Waals surface area contributed by atoms with Gasteiger partial charge < -0.3 is 9.47 Å². The van der Waals surface area contributed by atoms with Crippen LogP contribution in [0.5, 0.6) is 0 Å². The summed E-state index contributed by atoms with van der Waals surface area (Å²) in [7, 11) is 0. The van der Waals surface area contributed by atoms with Gasteiger partial charge in [-0.15, -0.1) is 0 Å². The molecule has 1 saturated heterocycles. The number of para-hydroxylation sites is 1. The van der Waals surface area contributed by atoms with Crippen LogP contribution in [0.2, 0.25) is 0 Å². The standard InChI is InChI=1S/C15H9Cl4N3O6/c16-9-10(17)14(19)22-12(24)20(8-4-2-1-3-5-8)11(23)21(22)13(9,18)27-15(28-14)25-6-7-26-15/h1-5H,6-7H2/t13-,14+. The van der Waals surface area contributed by atoms with Gasteiger partial charge in [-0.05, 0) is 12.1 Å². The first-order chi connectivity index (χ1) is 13.2. The van der Waals surface area contributed by atoms with E-state index in [1.165, 1.54) is 0 Å². The van der Waals surface area contributed by atoms with Gasteiger partial charge in [0.05, 0.1) is 18.9 Å². The van der Waals surface area contributed by atoms with Crippen molar-refractivity contribution < 1.29 is 18.9 Å². The van der Waals surface area contributed by atoms with Gasteiger partial charge in [-0.3, -0.25) is 9.47 Å². The Morgan fingerprint density at radius 2 is 1.29 bits per heavy atom. The van der Waals surface area contributed by atoms with Gasteiger partial charge in [-0.25, -0.2) is 14.2 Å². The Hall–Kier alpha value is -1.30. The Morgan fingerprint density at radius 3 is 1.75 bits per heavy atom. The second-order valence-corrected chi connectivity index (χ2v) is 7.79. The first-order valence-corrected chi connectivity index (χ1v) is 9.40. The molecule has 9 nitrogen and oxygen atoms in total. The minimum Gasteiger partial charge on any atom is -0.301 e. The predicted molar refractivity (Wildman–Crippen MR) is 97.5 cm³/mol. The molecular formula is C15H9Cl4N3O6. The Morgan fingerprint density at radius 1 is 0.821 bits per heavy atom. The van der Waals surface area contributed by atoms with Crippen LogP contribution in [-0.4, -0.2) is 33.3 Å². The fraction of sp³-hybridized carbons (Fsp3) is 0.333. The van der Waals surface area contributed by atoms with Crippen molar-refractivity contribution in [2.75, 3.05) is 13.2 Å². The number of rotatable bonds is 1. The van der Waals surface area contributed by atoms with Crippen LogP contribution >= 0.6 is 46.4 Å². The van der Waals surface area contributed by atoms with Gasteiger partial charge in [-0.2, -0.15) is 9.36 Å². The summed E-state index contributed by atoms with van der Waals surface area (Å²) >= 11 is 25.8. The largest absolute Gasteiger partial charge is 0.419 e. The first kappa shape index (κ1) is 18.7. The van der Waals surface area contributed by atoms with Gasteiger partial charge in [-0.1, -0.05) is 64.6 Å². The van der Waals surface area contributed by atoms with Crippen molar-refractivity contribution in [2.45, 2.75) is 16.5 Å². The number of ether oxygens (including phenoxy) is 4. The highest BCUT2D eigenvalue weighted by molar-refractivity contribution is 6.46. The monoisotopic (exact) mass is 467 g/mol. The van der Waals surface area contributed by atoms with Crippen molar-refractivity contribution in [3.05, 3.63) is 61.4 Å². The molecule has 1 aromatic carbocycles. The summed E-state index contributed by atoms with van der Waals surface area (Å²) in [4.78, 5) is 26.4. The summed E-state index contributed by atoms with van der Waals surface area (Å²) in [6, 6.07) is 8.13. The van der Waals surface area contributed by atoms with E-state index in [0.29, 0.717) is 9.36 Å². The van der Waals surface area contributed by atoms with Crippen molar-refractivity contribution in [1.29, 1.82) is 0 Å². The Bertz CT molecular complexity index is 1070. The third-order valence-electron chi connectivity index (χ3n) is 4.40. The molecule has 0 aliphatic carbocycles. The molecule has 2 atom stereocenters. The summed E-state index contributed by atoms with van der Waals surface area (Å²) in [5, 5.41) is -5.38. The highest BCUT2D eigenvalue weighted by atomic mass is 35.5. The summed E-state index contributed by atoms with van der Waals surface area (Å²) in [6.07, 6.45) is -2.22. The lowest BCUT2D eigenvalue weighted by Crippen LogP contribution is -2.51. The van der Waals surface area contributed by atoms with Crippen LogP contribution in [0.3, 0.4) is 0 Å². The van der Waals surface area contributed by atoms with Crippen LogP contribution in [0, 0.1) is 0 Å². The first-order valence-electron chi connectivity index (χ1n) is 7.89. The van der Waals surface area contributed by atoms with Crippen LogP contribution in [0.15, 0.2) is 50.0 Å². The summed E-state index contributed by atoms with van der Waals surface area (Å²) in [5.74, 6) is 0. The van der Waals surface area contributed by atoms with E-state index in [2.05, 4.69) is 0 Å². The summed E-state index contributed by atoms with van der Waals surface area (Å²) in [6.45, 7) is 0.153. The van der Waals surface area contributed by atoms with Crippen molar-refractivity contribution in [3.63, 3.8) is 0 Å². The lowest BCUT2D eigenvalue weighted by Gasteiger charge is -2.33. The molecule has 13 heteroatoms. The van der Waals surface area contributed by atoms with E-state index < -0.39 is 27.9 Å². The van der Waals surface area contributed by atoms with Crippen molar-refractivity contribution >= 4 is 46.4 Å². The van der Waals surface area contributed by atoms with Gasteiger partial charge in [0.2, 0.25) is 0 Å². The van der Waals surface area contributed by atoms with E-state index in [4.69, 9.17) is 65.4 Å². The summed E-state index contributed by atoms with van der Waals surface area (Å²) < 4.78 is 24.2. The topological polar surface area (TPSA) is 85.9 Å². The third kappa shape index (κ3) is 2.18. The van der Waals surface area contributed by atoms with Gasteiger partial charge in [0, 0.05) is 0 Å². The number of benzene rings is 1. The molecule has 0 amide bonds. The number of halogens is 4. The molecular weight excluding hydrogens is 460 g/mol. The summed E-state index contributed by atoms with van der Waals surface area (Å²) in [5.41, 5.74) is -1.52. The Balaban J connectivity index is 1.86. The van der Waals surface area contributed by atoms with Gasteiger partial charge in [0.15, 0.2) is 0 Å². The maximum atomic E-state index is 13.2. The van der Waals surface area contributed by atoms with Gasteiger partial charge in [0.25, 0.3) is 10.4 Å². The van der Waals surface area contributed by atoms with Crippen LogP contribution in [0.4, 0.5) is 0 Å². The zero-order valence-corrected chi connectivity index (χ0v) is 16.6. The zero-order chi connectivity index (χ0) is 19.9. The molecule has 0 N–H and O–H groups in total. The average Bonchev–Trinajstić information content (AvgIpc) is 3.18. The highest BCUT2D eigenvalue weighted by Gasteiger charge is 2.67. The van der Waals surface area contributed by atoms with Crippen molar-refractivity contribution in [1.82, 2.24) is 13.9 Å². The smallest absolute Gasteiger partial charge is 0.301 e. The van der Waals surface area contributed by atoms with E-state index in [-0.39, 0.29) is 29.0 Å². The molecule has 1 fully saturated rings. The average molecular weight is 469 g/mol. The maximum Gasteiger partial charge on any atom is 0.419 e. The van der Waals surface area contributed by atoms with E-state index in [9.17, 15) is 9.59 Å². The number of aromatic nitrogens is 3. The highest BCUT2D eigenvalue weighted by Crippen LogP contribution is 2.56. The fourth-order valence-electron chi connectivity index (χ4n) is 3.22. The molecule has 1 aromatic heterocycles. The van der Waals surface area contributed by atoms with Crippen LogP contribution < -0.4 is 11.4 Å². The van der Waals surface area contributed by atoms with E-state index in [1.54, 1.807) is 30.3 Å². The fourth-order valence-corrected chi connectivity index (χ4v) is 4.49. The normalized spacial score (nSPS) is 30.7. The molecule has 0 saturated carbocycles. The quantitative estimate of drug-likeness (QED) is 0.594. The molecule has 2 bridgehead atoms. The lowest BCUT2D eigenvalue weighted by atomic mass is 10.3. The van der Waals surface area contributed by atoms with Gasteiger partial charge >= 0.3 is 17.5 Å². The van der Waals surface area contributed by atoms with Crippen LogP contribution in [-0.2, 0) is 29.3 Å². The molecule has 148 valence electrons. The molecule has 28 heavy (non-hydrogen) atoms. The molecule has 1 spiro atoms. The number of hydrogen-bond donors (Lipinski definition) is 0. The van der Waals surface area contributed by atoms with E-state index in [1.807, 2.05) is 0 Å². The second kappa shape index (κ2) is 5.87. The molecule has 4 aliphatic heterocycles. The number of nitrogens with zero attached hydrogens (tertiary/aromatic N) is 3. The van der Waals surface area contributed by atoms with E-state index >= 15 is 0 Å². The number of alkyl halides is 2. The second-order valence-electron chi connectivity index (χ2n) is 6.01. The van der Waals surface area contributed by atoms with Crippen LogP contribution in [0.25, 0.3) is 5.69 Å². The van der Waals surface area contributed by atoms with Gasteiger partial charge in [0.1, 0.15) is 10.1 Å². The number of hydrogen-bond acceptors (Lipinski definition) is 6. The molecule has 4 aliphatic rings. The van der Waals surface area contributed by atoms with Crippen molar-refractivity contribution in [2.24, 2.45) is 0 Å². The minimum atomic E-state index is -2.31. The van der Waals surface area contributed by atoms with Crippen molar-refractivity contribution in [3.8, 4) is 5.69 Å². The lowest BCUT2D eigenvalue weighted by molar-refractivity contribution is -0.489. The van der Waals surface area contributed by atoms with E-state index in [0.717, 1.165) is 4.57 Å². The molecule has 0 unspecified atom stereocenters. The zero-order valence-electron chi connectivity index (χ0n) is 13.6. The molecule has 6 rings (SSSR count). The molecule has 5 heterocycles. The molecule has 2 aromatic rings. The Labute approximate surface area is 176 Å². The predicted octanol–water partition coefficient (Wildman–Crippen LogP) is 1.91. The van der Waals surface area contributed by atoms with Crippen LogP contribution in [0.1, 0.15) is 0 Å². The SMILES string of the molecule is O=c1n(-c2ccccc2)c(=O)n2n1[C@@]1(Cl)OC3(OCCO3)O[C@]2(Cl)C(Cl)=C1Cl. The maximum absolute atomic E-state index is 13.2. The minimum absolute atomic E-state index is 0.0766. The Kier molecular flexibility index (Phi) is 3.92.